The molecular formula is C13H26B2NO5Y-. The molecule has 1 atom stereocenters. The van der Waals surface area contributed by atoms with E-state index in [9.17, 15) is 19.2 Å². The fourth-order valence-electron chi connectivity index (χ4n) is 0.799. The van der Waals surface area contributed by atoms with Gasteiger partial charge in [0.15, 0.2) is 0 Å². The van der Waals surface area contributed by atoms with Gasteiger partial charge in [0, 0.05) is 51.7 Å². The van der Waals surface area contributed by atoms with Gasteiger partial charge in [-0.05, 0) is 27.7 Å². The fraction of sp³-hybridized carbons (Fsp3) is 0.692. The van der Waals surface area contributed by atoms with Crippen LogP contribution in [0, 0.1) is 0 Å². The minimum Gasteiger partial charge on any atom is -0.660 e. The monoisotopic (exact) mass is 387 g/mol. The van der Waals surface area contributed by atoms with E-state index in [-0.39, 0.29) is 70.7 Å². The van der Waals surface area contributed by atoms with Crippen LogP contribution in [0.5, 0.6) is 0 Å². The van der Waals surface area contributed by atoms with E-state index in [4.69, 9.17) is 4.74 Å². The van der Waals surface area contributed by atoms with Gasteiger partial charge in [-0.3, -0.25) is 0 Å². The van der Waals surface area contributed by atoms with E-state index in [0.717, 1.165) is 14.6 Å². The van der Waals surface area contributed by atoms with Crippen LogP contribution >= 0.6 is 0 Å². The maximum Gasteiger partial charge on any atom is 0.289 e. The van der Waals surface area contributed by atoms with E-state index in [1.807, 2.05) is 0 Å². The van der Waals surface area contributed by atoms with Gasteiger partial charge in [0.1, 0.15) is 0 Å². The number of hydrogen-bond donors (Lipinski definition) is 0. The Morgan fingerprint density at radius 1 is 0.955 bits per heavy atom. The Morgan fingerprint density at radius 3 is 1.55 bits per heavy atom. The van der Waals surface area contributed by atoms with Crippen LogP contribution in [0.1, 0.15) is 42.5 Å². The van der Waals surface area contributed by atoms with Crippen molar-refractivity contribution in [1.29, 1.82) is 0 Å². The molecule has 0 N–H and O–H groups in total. The first-order chi connectivity index (χ1) is 8.68. The summed E-state index contributed by atoms with van der Waals surface area (Å²) >= 11 is 0. The molecule has 1 unspecified atom stereocenters. The van der Waals surface area contributed by atoms with Crippen molar-refractivity contribution in [2.24, 2.45) is 0 Å². The summed E-state index contributed by atoms with van der Waals surface area (Å²) in [4.78, 5) is 41.1. The number of carbonyl (C=O) groups is 4. The van der Waals surface area contributed by atoms with Gasteiger partial charge < -0.3 is 29.2 Å². The second-order valence-corrected chi connectivity index (χ2v) is 3.85. The number of nitrogens with zero attached hydrogens (tertiary/aromatic N) is 1. The molecule has 9 heteroatoms. The molecule has 0 heterocycles. The Morgan fingerprint density at radius 2 is 1.32 bits per heavy atom. The summed E-state index contributed by atoms with van der Waals surface area (Å²) in [5, 5.41) is 3.59. The third-order valence-corrected chi connectivity index (χ3v) is 1.64. The standard InChI is InChI=1S/C7H13BNO3.C4H6BO2.2CH4.Y/c1-5(12-3)4-9-7(11)8-6(2)10;1-3(6)5-4(2)7;;;/h5H,4H2,1-3H3,(H,9,11);1-2H3;2*1H4;/p-1. The molecule has 0 aliphatic heterocycles. The first-order valence-electron chi connectivity index (χ1n) is 5.64. The van der Waals surface area contributed by atoms with Crippen molar-refractivity contribution in [2.75, 3.05) is 13.7 Å². The van der Waals surface area contributed by atoms with Crippen LogP contribution in [0.3, 0.4) is 0 Å². The van der Waals surface area contributed by atoms with E-state index in [1.165, 1.54) is 20.8 Å². The minimum absolute atomic E-state index is 0. The Hall–Kier alpha value is -0.326. The molecule has 0 aromatic rings. The fourth-order valence-corrected chi connectivity index (χ4v) is 0.799. The molecule has 0 saturated carbocycles. The van der Waals surface area contributed by atoms with E-state index >= 15 is 0 Å². The van der Waals surface area contributed by atoms with E-state index in [0.29, 0.717) is 6.54 Å². The smallest absolute Gasteiger partial charge is 0.289 e. The van der Waals surface area contributed by atoms with Crippen LogP contribution in [-0.4, -0.2) is 57.2 Å². The summed E-state index contributed by atoms with van der Waals surface area (Å²) in [6.07, 6.45) is -0.0886. The molecule has 1 amide bonds. The third kappa shape index (κ3) is 31.9. The van der Waals surface area contributed by atoms with Crippen LogP contribution < -0.4 is 0 Å². The molecule has 0 bridgehead atoms. The van der Waals surface area contributed by atoms with Crippen molar-refractivity contribution in [2.45, 2.75) is 48.7 Å². The van der Waals surface area contributed by atoms with Gasteiger partial charge in [-0.2, -0.15) is 0 Å². The first-order valence-corrected chi connectivity index (χ1v) is 5.64. The summed E-state index contributed by atoms with van der Waals surface area (Å²) < 4.78 is 4.86. The molecular weight excluding hydrogens is 361 g/mol. The average Bonchev–Trinajstić information content (AvgIpc) is 2.23. The molecule has 0 aromatic carbocycles. The second kappa shape index (κ2) is 20.7. The Bertz CT molecular complexity index is 328. The Kier molecular flexibility index (Phi) is 31.3. The molecule has 0 aromatic heterocycles. The third-order valence-electron chi connectivity index (χ3n) is 1.64. The number of methoxy groups -OCH3 is 1. The van der Waals surface area contributed by atoms with Crippen molar-refractivity contribution < 1.29 is 56.6 Å². The predicted octanol–water partition coefficient (Wildman–Crippen LogP) is 1.82. The van der Waals surface area contributed by atoms with E-state index in [1.54, 1.807) is 14.0 Å². The largest absolute Gasteiger partial charge is 0.660 e. The van der Waals surface area contributed by atoms with Crippen LogP contribution in [0.4, 0.5) is 4.79 Å². The molecule has 0 aliphatic rings. The maximum atomic E-state index is 10.8. The summed E-state index contributed by atoms with van der Waals surface area (Å²) in [7, 11) is 3.56. The van der Waals surface area contributed by atoms with Gasteiger partial charge >= 0.3 is 0 Å². The van der Waals surface area contributed by atoms with Crippen LogP contribution in [0.2, 0.25) is 0 Å². The molecule has 0 spiro atoms. The Labute approximate surface area is 161 Å². The van der Waals surface area contributed by atoms with Gasteiger partial charge in [0.25, 0.3) is 14.6 Å². The molecule has 0 fully saturated rings. The van der Waals surface area contributed by atoms with Gasteiger partial charge in [-0.15, -0.1) is 6.54 Å². The van der Waals surface area contributed by atoms with Gasteiger partial charge in [-0.25, -0.2) is 0 Å². The number of ether oxygens (including phenoxy) is 1. The van der Waals surface area contributed by atoms with Crippen LogP contribution in [0.25, 0.3) is 5.32 Å². The number of rotatable bonds is 7. The van der Waals surface area contributed by atoms with Gasteiger partial charge in [-0.1, -0.05) is 14.9 Å². The molecule has 6 nitrogen and oxygen atoms in total. The predicted molar refractivity (Wildman–Crippen MR) is 87.1 cm³/mol. The SMILES string of the molecule is C.C.CC(=O)[B]C(C)=O.COC(C)C[N-]C(=O)[B]C(C)=O.[Y]. The zero-order chi connectivity index (χ0) is 15.4. The summed E-state index contributed by atoms with van der Waals surface area (Å²) in [6, 6.07) is 0. The van der Waals surface area contributed by atoms with Crippen molar-refractivity contribution in [3.8, 4) is 0 Å². The number of amides is 1. The topological polar surface area (TPSA) is 91.6 Å². The Balaban J connectivity index is -0.0000000850. The molecule has 22 heavy (non-hydrogen) atoms. The van der Waals surface area contributed by atoms with E-state index in [2.05, 4.69) is 5.32 Å². The van der Waals surface area contributed by atoms with Gasteiger partial charge in [0.2, 0.25) is 0 Å². The van der Waals surface area contributed by atoms with Crippen molar-refractivity contribution >= 4 is 37.4 Å². The number of hydrogen-bond acceptors (Lipinski definition) is 5. The molecule has 123 valence electrons. The molecule has 0 rings (SSSR count). The molecule has 0 saturated heterocycles. The second-order valence-electron chi connectivity index (χ2n) is 3.85. The summed E-state index contributed by atoms with van der Waals surface area (Å²) in [5.74, 6) is -0.494. The van der Waals surface area contributed by atoms with Crippen molar-refractivity contribution in [1.82, 2.24) is 0 Å². The quantitative estimate of drug-likeness (QED) is 0.622. The summed E-state index contributed by atoms with van der Waals surface area (Å²) in [6.45, 7) is 6.10. The first kappa shape index (κ1) is 33.3. The zero-order valence-electron chi connectivity index (χ0n) is 12.5. The van der Waals surface area contributed by atoms with Crippen LogP contribution in [-0.2, 0) is 51.8 Å². The maximum absolute atomic E-state index is 10.8. The molecule has 3 radical (unpaired) electrons. The van der Waals surface area contributed by atoms with Crippen LogP contribution in [0.15, 0.2) is 0 Å². The normalized spacial score (nSPS) is 8.95. The molecule has 0 aliphatic carbocycles. The van der Waals surface area contributed by atoms with Crippen molar-refractivity contribution in [3.05, 3.63) is 5.32 Å². The van der Waals surface area contributed by atoms with Gasteiger partial charge in [0.05, 0.1) is 17.0 Å². The summed E-state index contributed by atoms with van der Waals surface area (Å²) in [5.41, 5.74) is -0.659. The number of carbonyl (C=O) groups excluding carboxylic acids is 4. The minimum atomic E-state index is -0.494. The van der Waals surface area contributed by atoms with Crippen molar-refractivity contribution in [3.63, 3.8) is 0 Å². The zero-order valence-corrected chi connectivity index (χ0v) is 15.3. The average molecular weight is 387 g/mol. The van der Waals surface area contributed by atoms with E-state index < -0.39 is 5.81 Å².